The van der Waals surface area contributed by atoms with Crippen molar-refractivity contribution in [3.05, 3.63) is 53.6 Å². The van der Waals surface area contributed by atoms with Crippen molar-refractivity contribution in [1.29, 1.82) is 0 Å². The largest absolute Gasteiger partial charge is 0.488 e. The first-order chi connectivity index (χ1) is 14.0. The molecule has 2 N–H and O–H groups in total. The van der Waals surface area contributed by atoms with Crippen LogP contribution in [0.25, 0.3) is 0 Å². The van der Waals surface area contributed by atoms with Crippen LogP contribution in [0.3, 0.4) is 0 Å². The topological polar surface area (TPSA) is 63.1 Å². The minimum absolute atomic E-state index is 0.0204. The summed E-state index contributed by atoms with van der Waals surface area (Å²) in [7, 11) is 2.04. The van der Waals surface area contributed by atoms with Crippen LogP contribution in [0.5, 0.6) is 5.75 Å². The Hall–Kier alpha value is -2.57. The van der Waals surface area contributed by atoms with E-state index in [1.165, 1.54) is 4.90 Å². The maximum absolute atomic E-state index is 12.2. The van der Waals surface area contributed by atoms with E-state index < -0.39 is 0 Å². The molecule has 1 atom stereocenters. The lowest BCUT2D eigenvalue weighted by Gasteiger charge is -2.16. The highest BCUT2D eigenvalue weighted by molar-refractivity contribution is 6.30. The number of carbonyl (C=O) groups is 2. The normalized spacial score (nSPS) is 14.7. The van der Waals surface area contributed by atoms with E-state index in [0.717, 1.165) is 43.2 Å². The Bertz CT molecular complexity index is 824. The van der Waals surface area contributed by atoms with Gasteiger partial charge in [0, 0.05) is 29.4 Å². The SMILES string of the molecule is C[NH+](CCOc1ccc(Cl)cc1)CCC(=O)Nc1ccc(N2CCCC2=O)cc1. The monoisotopic (exact) mass is 416 g/mol. The van der Waals surface area contributed by atoms with Gasteiger partial charge in [-0.3, -0.25) is 9.59 Å². The fourth-order valence-corrected chi connectivity index (χ4v) is 3.32. The molecule has 0 radical (unpaired) electrons. The van der Waals surface area contributed by atoms with Crippen molar-refractivity contribution in [3.63, 3.8) is 0 Å². The van der Waals surface area contributed by atoms with E-state index >= 15 is 0 Å². The van der Waals surface area contributed by atoms with Crippen LogP contribution in [-0.2, 0) is 9.59 Å². The van der Waals surface area contributed by atoms with Crippen molar-refractivity contribution < 1.29 is 19.2 Å². The van der Waals surface area contributed by atoms with Gasteiger partial charge in [-0.25, -0.2) is 0 Å². The molecule has 7 heteroatoms. The molecule has 2 aromatic carbocycles. The average Bonchev–Trinajstić information content (AvgIpc) is 3.14. The van der Waals surface area contributed by atoms with Crippen molar-refractivity contribution in [1.82, 2.24) is 0 Å². The highest BCUT2D eigenvalue weighted by Gasteiger charge is 2.21. The van der Waals surface area contributed by atoms with Gasteiger partial charge in [-0.05, 0) is 55.0 Å². The van der Waals surface area contributed by atoms with Crippen LogP contribution in [-0.4, -0.2) is 45.1 Å². The average molecular weight is 417 g/mol. The summed E-state index contributed by atoms with van der Waals surface area (Å²) in [6, 6.07) is 14.7. The Morgan fingerprint density at radius 1 is 1.14 bits per heavy atom. The van der Waals surface area contributed by atoms with E-state index in [4.69, 9.17) is 16.3 Å². The number of anilines is 2. The lowest BCUT2D eigenvalue weighted by Crippen LogP contribution is -3.09. The van der Waals surface area contributed by atoms with Crippen LogP contribution in [0, 0.1) is 0 Å². The van der Waals surface area contributed by atoms with Crippen LogP contribution >= 0.6 is 11.6 Å². The number of nitrogens with one attached hydrogen (secondary N) is 2. The zero-order chi connectivity index (χ0) is 20.6. The summed E-state index contributed by atoms with van der Waals surface area (Å²) in [5.41, 5.74) is 1.63. The molecule has 2 aromatic rings. The molecule has 1 unspecified atom stereocenters. The minimum atomic E-state index is -0.0204. The van der Waals surface area contributed by atoms with Gasteiger partial charge in [0.25, 0.3) is 0 Å². The highest BCUT2D eigenvalue weighted by Crippen LogP contribution is 2.23. The number of halogens is 1. The molecule has 2 amide bonds. The molecule has 0 bridgehead atoms. The molecule has 154 valence electrons. The summed E-state index contributed by atoms with van der Waals surface area (Å²) in [6.07, 6.45) is 1.94. The molecule has 0 saturated carbocycles. The number of benzene rings is 2. The molecule has 1 aliphatic heterocycles. The third-order valence-electron chi connectivity index (χ3n) is 4.93. The maximum Gasteiger partial charge on any atom is 0.230 e. The van der Waals surface area contributed by atoms with E-state index in [1.807, 2.05) is 43.4 Å². The molecule has 1 saturated heterocycles. The summed E-state index contributed by atoms with van der Waals surface area (Å²) in [4.78, 5) is 27.0. The standard InChI is InChI=1S/C22H26ClN3O3/c1-25(15-16-29-20-10-4-17(23)5-11-20)14-12-21(27)24-18-6-8-19(9-7-18)26-13-2-3-22(26)28/h4-11H,2-3,12-16H2,1H3,(H,24,27)/p+1. The molecule has 0 aromatic heterocycles. The smallest absolute Gasteiger partial charge is 0.230 e. The lowest BCUT2D eigenvalue weighted by atomic mass is 10.2. The van der Waals surface area contributed by atoms with Crippen LogP contribution in [0.4, 0.5) is 11.4 Å². The highest BCUT2D eigenvalue weighted by atomic mass is 35.5. The number of hydrogen-bond donors (Lipinski definition) is 2. The van der Waals surface area contributed by atoms with Gasteiger partial charge in [-0.15, -0.1) is 0 Å². The first kappa shape index (κ1) is 21.1. The molecule has 3 rings (SSSR count). The van der Waals surface area contributed by atoms with Crippen LogP contribution in [0.2, 0.25) is 5.02 Å². The minimum Gasteiger partial charge on any atom is -0.488 e. The van der Waals surface area contributed by atoms with E-state index in [1.54, 1.807) is 17.0 Å². The van der Waals surface area contributed by atoms with Crippen LogP contribution in [0.15, 0.2) is 48.5 Å². The Morgan fingerprint density at radius 3 is 2.52 bits per heavy atom. The Labute approximate surface area is 176 Å². The fraction of sp³-hybridized carbons (Fsp3) is 0.364. The van der Waals surface area contributed by atoms with Crippen molar-refractivity contribution in [2.24, 2.45) is 0 Å². The third kappa shape index (κ3) is 6.48. The van der Waals surface area contributed by atoms with Crippen LogP contribution in [0.1, 0.15) is 19.3 Å². The summed E-state index contributed by atoms with van der Waals surface area (Å²) in [6.45, 7) is 2.86. The summed E-state index contributed by atoms with van der Waals surface area (Å²) < 4.78 is 5.69. The zero-order valence-corrected chi connectivity index (χ0v) is 17.4. The van der Waals surface area contributed by atoms with Gasteiger partial charge in [0.2, 0.25) is 11.8 Å². The molecule has 1 aliphatic rings. The molecule has 0 spiro atoms. The van der Waals surface area contributed by atoms with Gasteiger partial charge in [-0.2, -0.15) is 0 Å². The number of ether oxygens (including phenoxy) is 1. The van der Waals surface area contributed by atoms with Gasteiger partial charge in [-0.1, -0.05) is 11.6 Å². The van der Waals surface area contributed by atoms with Gasteiger partial charge in [0.1, 0.15) is 18.9 Å². The maximum atomic E-state index is 12.2. The van der Waals surface area contributed by atoms with E-state index in [2.05, 4.69) is 5.32 Å². The molecular weight excluding hydrogens is 390 g/mol. The number of hydrogen-bond acceptors (Lipinski definition) is 3. The quantitative estimate of drug-likeness (QED) is 0.659. The van der Waals surface area contributed by atoms with Crippen LogP contribution < -0.4 is 19.9 Å². The Morgan fingerprint density at radius 2 is 1.86 bits per heavy atom. The molecule has 6 nitrogen and oxygen atoms in total. The molecular formula is C22H27ClN3O3+. The molecule has 1 fully saturated rings. The van der Waals surface area contributed by atoms with Gasteiger partial charge >= 0.3 is 0 Å². The number of nitrogens with zero attached hydrogens (tertiary/aromatic N) is 1. The number of rotatable bonds is 9. The van der Waals surface area contributed by atoms with Crippen molar-refractivity contribution in [2.75, 3.05) is 43.5 Å². The molecule has 29 heavy (non-hydrogen) atoms. The summed E-state index contributed by atoms with van der Waals surface area (Å²) >= 11 is 5.86. The zero-order valence-electron chi connectivity index (χ0n) is 16.6. The lowest BCUT2D eigenvalue weighted by molar-refractivity contribution is -0.878. The first-order valence-electron chi connectivity index (χ1n) is 9.91. The summed E-state index contributed by atoms with van der Waals surface area (Å²) in [5, 5.41) is 3.60. The molecule has 1 heterocycles. The van der Waals surface area contributed by atoms with E-state index in [-0.39, 0.29) is 11.8 Å². The predicted octanol–water partition coefficient (Wildman–Crippen LogP) is 2.39. The second-order valence-electron chi connectivity index (χ2n) is 7.25. The fourth-order valence-electron chi connectivity index (χ4n) is 3.20. The Balaban J connectivity index is 1.35. The first-order valence-corrected chi connectivity index (χ1v) is 10.3. The predicted molar refractivity (Wildman–Crippen MR) is 115 cm³/mol. The van der Waals surface area contributed by atoms with Gasteiger partial charge in [0.15, 0.2) is 0 Å². The number of likely N-dealkylation sites (N-methyl/N-ethyl adjacent to an activating group) is 1. The number of amides is 2. The number of quaternary nitrogens is 1. The number of carbonyl (C=O) groups excluding carboxylic acids is 2. The van der Waals surface area contributed by atoms with E-state index in [0.29, 0.717) is 24.5 Å². The molecule has 0 aliphatic carbocycles. The Kier molecular flexibility index (Phi) is 7.49. The van der Waals surface area contributed by atoms with Gasteiger partial charge in [0.05, 0.1) is 20.0 Å². The van der Waals surface area contributed by atoms with Crippen molar-refractivity contribution in [3.8, 4) is 5.75 Å². The summed E-state index contributed by atoms with van der Waals surface area (Å²) in [5.74, 6) is 0.930. The van der Waals surface area contributed by atoms with Gasteiger partial charge < -0.3 is 19.9 Å². The van der Waals surface area contributed by atoms with Crippen molar-refractivity contribution >= 4 is 34.8 Å². The third-order valence-corrected chi connectivity index (χ3v) is 5.18. The van der Waals surface area contributed by atoms with Crippen molar-refractivity contribution in [2.45, 2.75) is 19.3 Å². The second-order valence-corrected chi connectivity index (χ2v) is 7.69. The van der Waals surface area contributed by atoms with E-state index in [9.17, 15) is 9.59 Å². The second kappa shape index (κ2) is 10.3.